The molecule has 0 unspecified atom stereocenters. The van der Waals surface area contributed by atoms with E-state index in [1.165, 1.54) is 22.5 Å². The smallest absolute Gasteiger partial charge is 0.0633 e. The van der Waals surface area contributed by atoms with E-state index in [0.29, 0.717) is 0 Å². The van der Waals surface area contributed by atoms with Crippen LogP contribution in [0.2, 0.25) is 0 Å². The van der Waals surface area contributed by atoms with Crippen molar-refractivity contribution in [1.82, 2.24) is 0 Å². The highest BCUT2D eigenvalue weighted by atomic mass is 15.0. The number of anilines is 1. The van der Waals surface area contributed by atoms with Gasteiger partial charge >= 0.3 is 0 Å². The van der Waals surface area contributed by atoms with Gasteiger partial charge in [-0.2, -0.15) is 0 Å². The van der Waals surface area contributed by atoms with Gasteiger partial charge in [0, 0.05) is 23.2 Å². The Morgan fingerprint density at radius 1 is 1.05 bits per heavy atom. The maximum Gasteiger partial charge on any atom is 0.0633 e. The maximum atomic E-state index is 4.87. The molecule has 2 nitrogen and oxygen atoms in total. The molecule has 0 atom stereocenters. The Labute approximate surface area is 120 Å². The lowest BCUT2D eigenvalue weighted by Crippen LogP contribution is -2.38. The van der Waals surface area contributed by atoms with Crippen molar-refractivity contribution in [2.24, 2.45) is 4.99 Å². The first-order valence-electron chi connectivity index (χ1n) is 7.05. The summed E-state index contributed by atoms with van der Waals surface area (Å²) in [6.45, 7) is 6.56. The fourth-order valence-electron chi connectivity index (χ4n) is 2.69. The van der Waals surface area contributed by atoms with E-state index in [-0.39, 0.29) is 5.54 Å². The zero-order chi connectivity index (χ0) is 14.2. The fourth-order valence-corrected chi connectivity index (χ4v) is 2.69. The van der Waals surface area contributed by atoms with Crippen LogP contribution in [0.3, 0.4) is 0 Å². The first kappa shape index (κ1) is 12.9. The number of hydrogen-bond donors (Lipinski definition) is 1. The predicted molar refractivity (Wildman–Crippen MR) is 86.1 cm³/mol. The minimum absolute atomic E-state index is 0.0376. The average Bonchev–Trinajstić information content (AvgIpc) is 2.40. The molecule has 0 amide bonds. The quantitative estimate of drug-likeness (QED) is 0.792. The molecule has 20 heavy (non-hydrogen) atoms. The summed E-state index contributed by atoms with van der Waals surface area (Å²) in [5, 5.41) is 3.60. The molecule has 2 aromatic carbocycles. The van der Waals surface area contributed by atoms with Gasteiger partial charge in [-0.1, -0.05) is 29.8 Å². The third-order valence-corrected chi connectivity index (χ3v) is 3.59. The van der Waals surface area contributed by atoms with E-state index in [9.17, 15) is 0 Å². The number of aryl methyl sites for hydroxylation is 1. The average molecular weight is 264 g/mol. The maximum absolute atomic E-state index is 4.87. The van der Waals surface area contributed by atoms with Crippen molar-refractivity contribution in [2.45, 2.75) is 32.7 Å². The summed E-state index contributed by atoms with van der Waals surface area (Å²) in [6, 6.07) is 16.7. The van der Waals surface area contributed by atoms with Crippen molar-refractivity contribution in [3.05, 3.63) is 59.7 Å². The van der Waals surface area contributed by atoms with E-state index in [4.69, 9.17) is 4.99 Å². The number of para-hydroxylation sites is 1. The molecular formula is C18H20N2. The van der Waals surface area contributed by atoms with Crippen molar-refractivity contribution in [3.63, 3.8) is 0 Å². The largest absolute Gasteiger partial charge is 0.379 e. The summed E-state index contributed by atoms with van der Waals surface area (Å²) in [5.41, 5.74) is 5.91. The lowest BCUT2D eigenvalue weighted by Gasteiger charge is -2.34. The van der Waals surface area contributed by atoms with Crippen LogP contribution in [0.15, 0.2) is 53.5 Å². The Hall–Kier alpha value is -2.09. The zero-order valence-corrected chi connectivity index (χ0v) is 12.3. The summed E-state index contributed by atoms with van der Waals surface area (Å²) >= 11 is 0. The second kappa shape index (κ2) is 4.78. The van der Waals surface area contributed by atoms with Crippen molar-refractivity contribution < 1.29 is 0 Å². The van der Waals surface area contributed by atoms with Crippen molar-refractivity contribution in [3.8, 4) is 0 Å². The van der Waals surface area contributed by atoms with Gasteiger partial charge in [0.2, 0.25) is 0 Å². The van der Waals surface area contributed by atoms with Gasteiger partial charge in [0.25, 0.3) is 0 Å². The zero-order valence-electron chi connectivity index (χ0n) is 12.3. The molecule has 3 rings (SSSR count). The van der Waals surface area contributed by atoms with Crippen LogP contribution in [0, 0.1) is 6.92 Å². The van der Waals surface area contributed by atoms with E-state index >= 15 is 0 Å². The van der Waals surface area contributed by atoms with Gasteiger partial charge in [-0.3, -0.25) is 4.99 Å². The molecule has 0 fully saturated rings. The van der Waals surface area contributed by atoms with Gasteiger partial charge in [-0.05, 0) is 45.0 Å². The van der Waals surface area contributed by atoms with Crippen molar-refractivity contribution in [1.29, 1.82) is 0 Å². The van der Waals surface area contributed by atoms with E-state index in [2.05, 4.69) is 56.4 Å². The first-order chi connectivity index (χ1) is 9.53. The molecule has 2 aromatic rings. The Morgan fingerprint density at radius 2 is 1.80 bits per heavy atom. The Kier molecular flexibility index (Phi) is 3.09. The Morgan fingerprint density at radius 3 is 2.55 bits per heavy atom. The molecule has 1 aliphatic rings. The number of benzene rings is 2. The number of fused-ring (bicyclic) bond motifs is 1. The molecule has 102 valence electrons. The minimum Gasteiger partial charge on any atom is -0.379 e. The molecule has 1 aliphatic heterocycles. The standard InChI is InChI=1S/C18H20N2/c1-13-9-10-16-15(11-13)17(12-18(2,3)20-16)19-14-7-5-4-6-8-14/h4-11,20H,12H2,1-3H3. The second-order valence-corrected chi connectivity index (χ2v) is 6.13. The van der Waals surface area contributed by atoms with Gasteiger partial charge in [-0.15, -0.1) is 0 Å². The normalized spacial score (nSPS) is 18.4. The molecule has 0 radical (unpaired) electrons. The molecule has 1 heterocycles. The molecule has 0 saturated heterocycles. The highest BCUT2D eigenvalue weighted by molar-refractivity contribution is 6.08. The van der Waals surface area contributed by atoms with E-state index < -0.39 is 0 Å². The molecule has 2 heteroatoms. The van der Waals surface area contributed by atoms with Crippen LogP contribution in [-0.4, -0.2) is 11.3 Å². The Balaban J connectivity index is 2.11. The molecule has 0 saturated carbocycles. The third kappa shape index (κ3) is 2.60. The monoisotopic (exact) mass is 264 g/mol. The van der Waals surface area contributed by atoms with Crippen molar-refractivity contribution >= 4 is 17.1 Å². The van der Waals surface area contributed by atoms with Crippen LogP contribution < -0.4 is 5.32 Å². The van der Waals surface area contributed by atoms with Crippen LogP contribution in [0.1, 0.15) is 31.4 Å². The second-order valence-electron chi connectivity index (χ2n) is 6.13. The molecule has 0 aliphatic carbocycles. The summed E-state index contributed by atoms with van der Waals surface area (Å²) in [7, 11) is 0. The summed E-state index contributed by atoms with van der Waals surface area (Å²) < 4.78 is 0. The van der Waals surface area contributed by atoms with Gasteiger partial charge in [0.15, 0.2) is 0 Å². The molecule has 0 spiro atoms. The number of nitrogens with zero attached hydrogens (tertiary/aromatic N) is 1. The highest BCUT2D eigenvalue weighted by Gasteiger charge is 2.28. The van der Waals surface area contributed by atoms with Gasteiger partial charge in [-0.25, -0.2) is 0 Å². The highest BCUT2D eigenvalue weighted by Crippen LogP contribution is 2.32. The number of aliphatic imine (C=N–C) groups is 1. The number of hydrogen-bond acceptors (Lipinski definition) is 2. The molecule has 0 bridgehead atoms. The lowest BCUT2D eigenvalue weighted by atomic mass is 9.87. The topological polar surface area (TPSA) is 24.4 Å². The SMILES string of the molecule is Cc1ccc2c(c1)C(=Nc1ccccc1)CC(C)(C)N2. The van der Waals surface area contributed by atoms with Crippen LogP contribution in [0.25, 0.3) is 0 Å². The van der Waals surface area contributed by atoms with E-state index in [0.717, 1.165) is 12.1 Å². The first-order valence-corrected chi connectivity index (χ1v) is 7.05. The number of rotatable bonds is 1. The molecule has 1 N–H and O–H groups in total. The molecule has 0 aromatic heterocycles. The minimum atomic E-state index is 0.0376. The van der Waals surface area contributed by atoms with Gasteiger partial charge in [0.1, 0.15) is 0 Å². The van der Waals surface area contributed by atoms with Crippen LogP contribution in [0.4, 0.5) is 11.4 Å². The fraction of sp³-hybridized carbons (Fsp3) is 0.278. The van der Waals surface area contributed by atoms with Crippen LogP contribution in [-0.2, 0) is 0 Å². The van der Waals surface area contributed by atoms with Crippen LogP contribution >= 0.6 is 0 Å². The summed E-state index contributed by atoms with van der Waals surface area (Å²) in [5.74, 6) is 0. The lowest BCUT2D eigenvalue weighted by molar-refractivity contribution is 0.585. The van der Waals surface area contributed by atoms with E-state index in [1.54, 1.807) is 0 Å². The van der Waals surface area contributed by atoms with Crippen molar-refractivity contribution in [2.75, 3.05) is 5.32 Å². The predicted octanol–water partition coefficient (Wildman–Crippen LogP) is 4.71. The van der Waals surface area contributed by atoms with Gasteiger partial charge in [0.05, 0.1) is 11.4 Å². The van der Waals surface area contributed by atoms with Gasteiger partial charge < -0.3 is 5.32 Å². The summed E-state index contributed by atoms with van der Waals surface area (Å²) in [6.07, 6.45) is 0.929. The molecular weight excluding hydrogens is 244 g/mol. The Bertz CT molecular complexity index is 654. The summed E-state index contributed by atoms with van der Waals surface area (Å²) in [4.78, 5) is 4.87. The van der Waals surface area contributed by atoms with E-state index in [1.807, 2.05) is 18.2 Å². The number of nitrogens with one attached hydrogen (secondary N) is 1. The third-order valence-electron chi connectivity index (χ3n) is 3.59. The van der Waals surface area contributed by atoms with Crippen LogP contribution in [0.5, 0.6) is 0 Å².